The van der Waals surface area contributed by atoms with Crippen molar-refractivity contribution in [1.82, 2.24) is 0 Å². The molecule has 0 aromatic carbocycles. The quantitative estimate of drug-likeness (QED) is 0.130. The molecule has 34 heavy (non-hydrogen) atoms. The minimum atomic E-state index is -1.85. The van der Waals surface area contributed by atoms with E-state index in [0.717, 1.165) is 0 Å². The van der Waals surface area contributed by atoms with Crippen LogP contribution in [0.1, 0.15) is 0 Å². The van der Waals surface area contributed by atoms with E-state index in [1.54, 1.807) is 0 Å². The van der Waals surface area contributed by atoms with Crippen LogP contribution < -0.4 is 0 Å². The first kappa shape index (κ1) is 33.6. The molecule has 0 saturated carbocycles. The van der Waals surface area contributed by atoms with E-state index < -0.39 is 16.6 Å². The molecule has 0 aliphatic heterocycles. The van der Waals surface area contributed by atoms with Crippen molar-refractivity contribution in [2.45, 2.75) is 39.3 Å². The highest BCUT2D eigenvalue weighted by Crippen LogP contribution is 2.03. The smallest absolute Gasteiger partial charge is 0.318 e. The molecule has 0 unspecified atom stereocenters. The van der Waals surface area contributed by atoms with Crippen LogP contribution >= 0.6 is 0 Å². The summed E-state index contributed by atoms with van der Waals surface area (Å²) in [7, 11) is -3.29. The highest BCUT2D eigenvalue weighted by molar-refractivity contribution is 6.71. The monoisotopic (exact) mass is 528 g/mol. The number of rotatable bonds is 25. The first-order valence-electron chi connectivity index (χ1n) is 12.0. The molecule has 0 saturated heterocycles. The Morgan fingerprint density at radius 1 is 0.441 bits per heavy atom. The SMILES string of the molecule is C[Si](C)(C)OCCOCCOCCOCCOCCOCCOCCOCC(=O)O[Si](C)(C)C. The molecule has 0 aromatic rings. The van der Waals surface area contributed by atoms with Crippen LogP contribution in [0, 0.1) is 0 Å². The predicted molar refractivity (Wildman–Crippen MR) is 134 cm³/mol. The largest absolute Gasteiger partial charge is 0.518 e. The zero-order valence-electron chi connectivity index (χ0n) is 22.2. The Hall–Kier alpha value is -0.416. The average molecular weight is 529 g/mol. The second kappa shape index (κ2) is 21.8. The Balaban J connectivity index is 3.13. The Kier molecular flexibility index (Phi) is 21.6. The lowest BCUT2D eigenvalue weighted by molar-refractivity contribution is -0.140. The van der Waals surface area contributed by atoms with Gasteiger partial charge in [-0.05, 0) is 39.3 Å². The van der Waals surface area contributed by atoms with Gasteiger partial charge in [-0.15, -0.1) is 0 Å². The summed E-state index contributed by atoms with van der Waals surface area (Å²) in [5.74, 6) is -0.318. The van der Waals surface area contributed by atoms with Crippen LogP contribution in [0.5, 0.6) is 0 Å². The van der Waals surface area contributed by atoms with Crippen molar-refractivity contribution in [1.29, 1.82) is 0 Å². The van der Waals surface area contributed by atoms with Crippen LogP contribution in [0.4, 0.5) is 0 Å². The topological polar surface area (TPSA) is 100 Å². The van der Waals surface area contributed by atoms with Gasteiger partial charge in [0.25, 0.3) is 0 Å². The molecular weight excluding hydrogens is 480 g/mol. The van der Waals surface area contributed by atoms with Gasteiger partial charge in [-0.2, -0.15) is 0 Å². The maximum absolute atomic E-state index is 11.5. The van der Waals surface area contributed by atoms with E-state index in [0.29, 0.717) is 92.5 Å². The molecule has 0 fully saturated rings. The summed E-state index contributed by atoms with van der Waals surface area (Å²) < 4.78 is 48.8. The second-order valence-corrected chi connectivity index (χ2v) is 18.2. The lowest BCUT2D eigenvalue weighted by Gasteiger charge is -2.17. The molecule has 0 atom stereocenters. The van der Waals surface area contributed by atoms with Crippen LogP contribution in [-0.4, -0.2) is 122 Å². The van der Waals surface area contributed by atoms with Crippen molar-refractivity contribution in [2.24, 2.45) is 0 Å². The van der Waals surface area contributed by atoms with Crippen LogP contribution in [0.15, 0.2) is 0 Å². The van der Waals surface area contributed by atoms with Crippen molar-refractivity contribution in [2.75, 3.05) is 99.1 Å². The lowest BCUT2D eigenvalue weighted by atomic mass is 10.6. The van der Waals surface area contributed by atoms with Gasteiger partial charge in [0.2, 0.25) is 8.32 Å². The Morgan fingerprint density at radius 2 is 0.735 bits per heavy atom. The molecule has 0 amide bonds. The average Bonchev–Trinajstić information content (AvgIpc) is 2.72. The highest BCUT2D eigenvalue weighted by Gasteiger charge is 2.19. The summed E-state index contributed by atoms with van der Waals surface area (Å²) in [6, 6.07) is 0. The number of carbonyl (C=O) groups is 1. The first-order valence-corrected chi connectivity index (χ1v) is 18.8. The van der Waals surface area contributed by atoms with Crippen molar-refractivity contribution in [3.8, 4) is 0 Å². The lowest BCUT2D eigenvalue weighted by Crippen LogP contribution is -2.31. The third-order valence-corrected chi connectivity index (χ3v) is 5.54. The van der Waals surface area contributed by atoms with Gasteiger partial charge >= 0.3 is 5.97 Å². The maximum atomic E-state index is 11.5. The molecule has 0 rings (SSSR count). The van der Waals surface area contributed by atoms with Gasteiger partial charge in [0, 0.05) is 0 Å². The highest BCUT2D eigenvalue weighted by atomic mass is 28.4. The van der Waals surface area contributed by atoms with E-state index in [2.05, 4.69) is 19.6 Å². The van der Waals surface area contributed by atoms with Crippen LogP contribution in [-0.2, 0) is 46.8 Å². The third kappa shape index (κ3) is 29.6. The fraction of sp³-hybridized carbons (Fsp3) is 0.955. The third-order valence-electron chi connectivity index (χ3n) is 3.63. The molecule has 204 valence electrons. The van der Waals surface area contributed by atoms with E-state index in [1.807, 2.05) is 19.6 Å². The normalized spacial score (nSPS) is 12.3. The first-order chi connectivity index (χ1) is 16.1. The minimum Gasteiger partial charge on any atom is -0.518 e. The zero-order valence-corrected chi connectivity index (χ0v) is 24.2. The summed E-state index contributed by atoms with van der Waals surface area (Å²) in [6.45, 7) is 19.4. The zero-order chi connectivity index (χ0) is 25.5. The van der Waals surface area contributed by atoms with Crippen LogP contribution in [0.25, 0.3) is 0 Å². The number of carbonyl (C=O) groups excluding carboxylic acids is 1. The van der Waals surface area contributed by atoms with Crippen molar-refractivity contribution < 1.29 is 46.8 Å². The minimum absolute atomic E-state index is 0.0393. The molecule has 0 spiro atoms. The molecule has 0 heterocycles. The molecule has 0 radical (unpaired) electrons. The van der Waals surface area contributed by atoms with E-state index in [-0.39, 0.29) is 12.6 Å². The standard InChI is InChI=1S/C22H48O10Si2/c1-33(2,3)31-20-19-29-16-15-27-12-11-25-8-7-24-9-10-26-13-14-28-17-18-30-21-22(23)32-34(4,5)6/h7-21H2,1-6H3. The van der Waals surface area contributed by atoms with Gasteiger partial charge in [-0.25, -0.2) is 0 Å². The van der Waals surface area contributed by atoms with Crippen molar-refractivity contribution in [3.63, 3.8) is 0 Å². The maximum Gasteiger partial charge on any atom is 0.318 e. The predicted octanol–water partition coefficient (Wildman–Crippen LogP) is 2.33. The number of ether oxygens (including phenoxy) is 7. The molecule has 0 aliphatic carbocycles. The van der Waals surface area contributed by atoms with Crippen LogP contribution in [0.2, 0.25) is 39.3 Å². The molecule has 0 aromatic heterocycles. The van der Waals surface area contributed by atoms with E-state index >= 15 is 0 Å². The van der Waals surface area contributed by atoms with Crippen LogP contribution in [0.3, 0.4) is 0 Å². The van der Waals surface area contributed by atoms with E-state index in [9.17, 15) is 4.79 Å². The summed E-state index contributed by atoms with van der Waals surface area (Å²) in [5.41, 5.74) is 0. The van der Waals surface area contributed by atoms with E-state index in [4.69, 9.17) is 42.0 Å². The summed E-state index contributed by atoms with van der Waals surface area (Å²) in [6.07, 6.45) is 0. The second-order valence-electron chi connectivity index (χ2n) is 9.27. The van der Waals surface area contributed by atoms with E-state index in [1.165, 1.54) is 0 Å². The van der Waals surface area contributed by atoms with Gasteiger partial charge in [0.15, 0.2) is 8.32 Å². The fourth-order valence-electron chi connectivity index (χ4n) is 2.25. The van der Waals surface area contributed by atoms with Gasteiger partial charge in [0.05, 0.1) is 92.5 Å². The Labute approximate surface area is 208 Å². The van der Waals surface area contributed by atoms with Crippen molar-refractivity contribution >= 4 is 22.6 Å². The van der Waals surface area contributed by atoms with Gasteiger partial charge in [-0.1, -0.05) is 0 Å². The molecule has 10 nitrogen and oxygen atoms in total. The Bertz CT molecular complexity index is 470. The van der Waals surface area contributed by atoms with Gasteiger partial charge in [0.1, 0.15) is 6.61 Å². The molecule has 0 bridgehead atoms. The fourth-order valence-corrected chi connectivity index (χ4v) is 3.69. The Morgan fingerprint density at radius 3 is 1.03 bits per heavy atom. The number of hydrogen-bond donors (Lipinski definition) is 0. The molecule has 0 N–H and O–H groups in total. The summed E-state index contributed by atoms with van der Waals surface area (Å²) in [4.78, 5) is 11.5. The van der Waals surface area contributed by atoms with Gasteiger partial charge < -0.3 is 42.0 Å². The molecule has 0 aliphatic rings. The summed E-state index contributed by atoms with van der Waals surface area (Å²) >= 11 is 0. The molecule has 12 heteroatoms. The van der Waals surface area contributed by atoms with Gasteiger partial charge in [-0.3, -0.25) is 4.79 Å². The molecular formula is C22H48O10Si2. The van der Waals surface area contributed by atoms with Crippen molar-refractivity contribution in [3.05, 3.63) is 0 Å². The number of hydrogen-bond acceptors (Lipinski definition) is 10. The summed E-state index contributed by atoms with van der Waals surface area (Å²) in [5, 5.41) is 0.